The van der Waals surface area contributed by atoms with Gasteiger partial charge in [-0.3, -0.25) is 4.79 Å². The molecule has 2 aromatic carbocycles. The summed E-state index contributed by atoms with van der Waals surface area (Å²) in [5.41, 5.74) is 9.81. The van der Waals surface area contributed by atoms with E-state index in [0.717, 1.165) is 12.0 Å². The van der Waals surface area contributed by atoms with Crippen molar-refractivity contribution in [3.63, 3.8) is 0 Å². The quantitative estimate of drug-likeness (QED) is 0.194. The van der Waals surface area contributed by atoms with Crippen LogP contribution in [0.5, 0.6) is 0 Å². The van der Waals surface area contributed by atoms with Gasteiger partial charge < -0.3 is 10.3 Å². The van der Waals surface area contributed by atoms with Gasteiger partial charge in [-0.05, 0) is 30.5 Å². The van der Waals surface area contributed by atoms with E-state index in [1.54, 1.807) is 18.2 Å². The Morgan fingerprint density at radius 1 is 1.00 bits per heavy atom. The second-order valence-corrected chi connectivity index (χ2v) is 9.26. The minimum absolute atomic E-state index is 0.0884. The van der Waals surface area contributed by atoms with E-state index in [-0.39, 0.29) is 11.3 Å². The SMILES string of the molecule is [N-]=[N+]=C(C(=O)CCC1(COCc2ccccc2)C=CCC=C1)S(=O)(=O)c1ccccc1. The highest BCUT2D eigenvalue weighted by Crippen LogP contribution is 2.32. The molecule has 0 atom stereocenters. The molecule has 0 N–H and O–H groups in total. The lowest BCUT2D eigenvalue weighted by atomic mass is 9.80. The van der Waals surface area contributed by atoms with Crippen LogP contribution < -0.4 is 0 Å². The number of rotatable bonds is 9. The van der Waals surface area contributed by atoms with Crippen molar-refractivity contribution in [2.24, 2.45) is 5.41 Å². The molecule has 0 fully saturated rings. The molecule has 0 unspecified atom stereocenters. The second-order valence-electron chi connectivity index (χ2n) is 7.40. The Hall–Kier alpha value is -3.12. The monoisotopic (exact) mass is 436 g/mol. The van der Waals surface area contributed by atoms with Crippen molar-refractivity contribution in [3.05, 3.63) is 96.1 Å². The fourth-order valence-electron chi connectivity index (χ4n) is 3.43. The third-order valence-electron chi connectivity index (χ3n) is 5.11. The summed E-state index contributed by atoms with van der Waals surface area (Å²) in [7, 11) is -4.19. The summed E-state index contributed by atoms with van der Waals surface area (Å²) in [6, 6.07) is 17.2. The summed E-state index contributed by atoms with van der Waals surface area (Å²) >= 11 is 0. The van der Waals surface area contributed by atoms with Crippen LogP contribution >= 0.6 is 0 Å². The molecule has 0 bridgehead atoms. The van der Waals surface area contributed by atoms with Gasteiger partial charge in [0.1, 0.15) is 0 Å². The van der Waals surface area contributed by atoms with E-state index in [4.69, 9.17) is 4.74 Å². The number of nitrogens with zero attached hydrogens (tertiary/aromatic N) is 2. The van der Waals surface area contributed by atoms with Crippen molar-refractivity contribution in [3.8, 4) is 0 Å². The van der Waals surface area contributed by atoms with Crippen LogP contribution in [0.1, 0.15) is 24.8 Å². The molecule has 160 valence electrons. The Kier molecular flexibility index (Phi) is 7.47. The zero-order chi connectivity index (χ0) is 22.2. The number of Topliss-reactive ketones (excluding diaryl/α,β-unsaturated/α-hetero) is 1. The largest absolute Gasteiger partial charge is 0.451 e. The first kappa shape index (κ1) is 22.6. The molecular weight excluding hydrogens is 412 g/mol. The fourth-order valence-corrected chi connectivity index (χ4v) is 4.68. The van der Waals surface area contributed by atoms with E-state index in [2.05, 4.69) is 4.79 Å². The number of carbonyl (C=O) groups excluding carboxylic acids is 1. The van der Waals surface area contributed by atoms with Crippen LogP contribution in [0.2, 0.25) is 0 Å². The summed E-state index contributed by atoms with van der Waals surface area (Å²) in [5.74, 6) is -0.735. The molecule has 0 radical (unpaired) electrons. The molecule has 2 aromatic rings. The van der Waals surface area contributed by atoms with Crippen LogP contribution in [0, 0.1) is 5.41 Å². The predicted molar refractivity (Wildman–Crippen MR) is 118 cm³/mol. The van der Waals surface area contributed by atoms with Gasteiger partial charge in [0.05, 0.1) is 18.1 Å². The van der Waals surface area contributed by atoms with E-state index < -0.39 is 26.1 Å². The lowest BCUT2D eigenvalue weighted by Crippen LogP contribution is -2.29. The molecule has 7 heteroatoms. The molecule has 0 amide bonds. The summed E-state index contributed by atoms with van der Waals surface area (Å²) < 4.78 is 31.3. The lowest BCUT2D eigenvalue weighted by Gasteiger charge is -2.28. The van der Waals surface area contributed by atoms with E-state index in [0.29, 0.717) is 19.6 Å². The normalized spacial score (nSPS) is 14.7. The number of benzene rings is 2. The van der Waals surface area contributed by atoms with Gasteiger partial charge in [0.25, 0.3) is 15.6 Å². The molecule has 0 spiro atoms. The Bertz CT molecular complexity index is 1100. The molecule has 31 heavy (non-hydrogen) atoms. The van der Waals surface area contributed by atoms with Crippen molar-refractivity contribution in [1.29, 1.82) is 0 Å². The maximum atomic E-state index is 12.7. The molecular formula is C24H24N2O4S. The smallest absolute Gasteiger partial charge is 0.376 e. The number of ether oxygens (including phenoxy) is 1. The number of allylic oxidation sites excluding steroid dienone is 2. The lowest BCUT2D eigenvalue weighted by molar-refractivity contribution is -0.117. The first-order valence-corrected chi connectivity index (χ1v) is 11.5. The molecule has 0 saturated heterocycles. The van der Waals surface area contributed by atoms with Gasteiger partial charge in [0.15, 0.2) is 0 Å². The highest BCUT2D eigenvalue weighted by Gasteiger charge is 2.38. The highest BCUT2D eigenvalue weighted by atomic mass is 32.2. The third-order valence-corrected chi connectivity index (χ3v) is 6.82. The molecule has 0 saturated carbocycles. The molecule has 3 rings (SSSR count). The molecule has 6 nitrogen and oxygen atoms in total. The van der Waals surface area contributed by atoms with Crippen LogP contribution in [0.15, 0.2) is 89.9 Å². The van der Waals surface area contributed by atoms with Crippen molar-refractivity contribution < 1.29 is 22.7 Å². The van der Waals surface area contributed by atoms with Gasteiger partial charge in [-0.25, -0.2) is 8.42 Å². The zero-order valence-electron chi connectivity index (χ0n) is 17.1. The number of carbonyl (C=O) groups is 1. The van der Waals surface area contributed by atoms with Gasteiger partial charge in [-0.15, -0.1) is 4.79 Å². The van der Waals surface area contributed by atoms with E-state index >= 15 is 0 Å². The highest BCUT2D eigenvalue weighted by molar-refractivity contribution is 8.08. The average Bonchev–Trinajstić information content (AvgIpc) is 2.80. The molecule has 1 aliphatic rings. The van der Waals surface area contributed by atoms with Gasteiger partial charge in [-0.1, -0.05) is 72.8 Å². The summed E-state index contributed by atoms with van der Waals surface area (Å²) in [6.07, 6.45) is 9.00. The number of sulfone groups is 1. The average molecular weight is 437 g/mol. The predicted octanol–water partition coefficient (Wildman–Crippen LogP) is 4.16. The van der Waals surface area contributed by atoms with Gasteiger partial charge in [-0.2, -0.15) is 0 Å². The third kappa shape index (κ3) is 5.73. The number of hydrogen-bond donors (Lipinski definition) is 0. The Morgan fingerprint density at radius 3 is 2.23 bits per heavy atom. The molecule has 1 aliphatic carbocycles. The van der Waals surface area contributed by atoms with Crippen LogP contribution in [0.25, 0.3) is 5.53 Å². The van der Waals surface area contributed by atoms with E-state index in [9.17, 15) is 18.7 Å². The van der Waals surface area contributed by atoms with Crippen LogP contribution in [0.4, 0.5) is 0 Å². The molecule has 0 aliphatic heterocycles. The van der Waals surface area contributed by atoms with Crippen LogP contribution in [0.3, 0.4) is 0 Å². The number of ketones is 1. The van der Waals surface area contributed by atoms with Gasteiger partial charge in [0.2, 0.25) is 0 Å². The van der Waals surface area contributed by atoms with E-state index in [1.807, 2.05) is 54.6 Å². The van der Waals surface area contributed by atoms with Gasteiger partial charge >= 0.3 is 5.04 Å². The summed E-state index contributed by atoms with van der Waals surface area (Å²) in [5, 5.41) is -0.845. The first-order valence-electron chi connectivity index (χ1n) is 9.99. The second kappa shape index (κ2) is 10.3. The minimum atomic E-state index is -4.19. The minimum Gasteiger partial charge on any atom is -0.376 e. The topological polar surface area (TPSA) is 96.8 Å². The van der Waals surface area contributed by atoms with E-state index in [1.165, 1.54) is 12.1 Å². The Balaban J connectivity index is 1.68. The summed E-state index contributed by atoms with van der Waals surface area (Å²) in [6.45, 7) is 0.781. The maximum Gasteiger partial charge on any atom is 0.451 e. The molecule has 0 heterocycles. The number of hydrogen-bond acceptors (Lipinski definition) is 4. The fraction of sp³-hybridized carbons (Fsp3) is 0.250. The zero-order valence-corrected chi connectivity index (χ0v) is 17.9. The standard InChI is InChI=1S/C24H24N2O4S/c25-26-23(31(28,29)21-12-6-2-7-13-21)22(27)14-17-24(15-8-3-9-16-24)19-30-18-20-10-4-1-5-11-20/h1-2,4-13,15-16H,3,14,17-19H2. The van der Waals surface area contributed by atoms with Crippen molar-refractivity contribution in [2.75, 3.05) is 6.61 Å². The van der Waals surface area contributed by atoms with Crippen LogP contribution in [-0.2, 0) is 26.0 Å². The van der Waals surface area contributed by atoms with Crippen LogP contribution in [-0.4, -0.2) is 30.6 Å². The van der Waals surface area contributed by atoms with Gasteiger partial charge in [0, 0.05) is 11.8 Å². The Morgan fingerprint density at radius 2 is 1.61 bits per heavy atom. The first-order chi connectivity index (χ1) is 15.0. The van der Waals surface area contributed by atoms with Crippen molar-refractivity contribution >= 4 is 20.7 Å². The van der Waals surface area contributed by atoms with Crippen molar-refractivity contribution in [2.45, 2.75) is 30.8 Å². The maximum absolute atomic E-state index is 12.7. The Labute approximate surface area is 182 Å². The summed E-state index contributed by atoms with van der Waals surface area (Å²) in [4.78, 5) is 15.5. The van der Waals surface area contributed by atoms with Crippen molar-refractivity contribution in [1.82, 2.24) is 0 Å². The molecule has 0 aromatic heterocycles.